The van der Waals surface area contributed by atoms with Crippen LogP contribution in [0, 0.1) is 23.1 Å². The minimum atomic E-state index is -2.80. The lowest BCUT2D eigenvalue weighted by Gasteiger charge is -2.50. The summed E-state index contributed by atoms with van der Waals surface area (Å²) in [6.07, 6.45) is -0.362. The van der Waals surface area contributed by atoms with Crippen LogP contribution in [0.1, 0.15) is 43.1 Å². The van der Waals surface area contributed by atoms with Crippen molar-refractivity contribution in [2.75, 3.05) is 32.5 Å². The number of anilines is 1. The predicted octanol–water partition coefficient (Wildman–Crippen LogP) is 0.834. The van der Waals surface area contributed by atoms with Crippen molar-refractivity contribution in [1.29, 1.82) is 0 Å². The highest BCUT2D eigenvalue weighted by Crippen LogP contribution is 2.53. The zero-order valence-electron chi connectivity index (χ0n) is 23.5. The van der Waals surface area contributed by atoms with Crippen LogP contribution in [0.15, 0.2) is 28.7 Å². The molecule has 0 aliphatic heterocycles. The van der Waals surface area contributed by atoms with Crippen LogP contribution in [0.4, 0.5) is 10.1 Å². The molecule has 0 unspecified atom stereocenters. The average molecular weight is 575 g/mol. The third kappa shape index (κ3) is 4.87. The maximum absolute atomic E-state index is 15.4. The molecule has 222 valence electrons. The summed E-state index contributed by atoms with van der Waals surface area (Å²) in [5.41, 5.74) is 0.0114. The van der Waals surface area contributed by atoms with Gasteiger partial charge in [-0.2, -0.15) is 0 Å². The number of rotatable bonds is 6. The molecule has 4 atom stereocenters. The Morgan fingerprint density at radius 3 is 2.39 bits per heavy atom. The van der Waals surface area contributed by atoms with Gasteiger partial charge in [-0.1, -0.05) is 20.8 Å². The monoisotopic (exact) mass is 574 g/mol. The third-order valence-corrected chi connectivity index (χ3v) is 7.88. The molecule has 0 bridgehead atoms. The Morgan fingerprint density at radius 1 is 1.20 bits per heavy atom. The number of aromatic hydroxyl groups is 1. The Labute approximate surface area is 235 Å². The maximum Gasteiger partial charge on any atom is 0.255 e. The number of halogens is 1. The fraction of sp³-hybridized carbons (Fsp3) is 0.500. The number of nitrogens with zero attached hydrogens (tertiary/aromatic N) is 1. The maximum atomic E-state index is 15.4. The van der Waals surface area contributed by atoms with Crippen LogP contribution in [-0.4, -0.2) is 87.5 Å². The molecule has 0 saturated heterocycles. The number of Topliss-reactive ketones (excluding diaryl/α,β-unsaturated/α-hetero) is 2. The molecule has 2 amide bonds. The number of carbonyl (C=O) groups excluding carboxylic acids is 4. The number of aliphatic hydroxyl groups excluding tert-OH is 2. The lowest BCUT2D eigenvalue weighted by molar-refractivity contribution is -0.148. The fourth-order valence-corrected chi connectivity index (χ4v) is 6.11. The van der Waals surface area contributed by atoms with E-state index in [4.69, 9.17) is 5.73 Å². The van der Waals surface area contributed by atoms with Gasteiger partial charge in [-0.15, -0.1) is 0 Å². The molecule has 0 radical (unpaired) electrons. The van der Waals surface area contributed by atoms with Crippen LogP contribution in [-0.2, 0) is 20.8 Å². The predicted molar refractivity (Wildman–Crippen MR) is 145 cm³/mol. The standard InChI is InChI=1S/C28H35FN4O8/c1-27(2,3)10-31-9-16(34)32-15-8-14(29)12-6-11-7-13-20(33(4)5)23(37)19(26(30)40)25(39)28(13,41)24(38)17(11)22(36)18(12)21(15)35/h8,11,13,20,31,35,37-38,41H,6-7,9-10H2,1-5H3,(H2,30,40)(H,32,34)/t11-,13-,20-,28-/m0/s1. The molecule has 41 heavy (non-hydrogen) atoms. The number of phenolic OH excluding ortho intramolecular Hbond substituents is 1. The summed E-state index contributed by atoms with van der Waals surface area (Å²) < 4.78 is 15.4. The first kappa shape index (κ1) is 30.2. The van der Waals surface area contributed by atoms with Gasteiger partial charge in [-0.25, -0.2) is 4.39 Å². The molecule has 12 nitrogen and oxygen atoms in total. The van der Waals surface area contributed by atoms with E-state index in [-0.39, 0.29) is 36.1 Å². The Bertz CT molecular complexity index is 1430. The number of nitrogens with two attached hydrogens (primary N) is 1. The van der Waals surface area contributed by atoms with Crippen molar-refractivity contribution in [3.8, 4) is 5.75 Å². The van der Waals surface area contributed by atoms with E-state index < -0.39 is 86.7 Å². The van der Waals surface area contributed by atoms with Gasteiger partial charge in [-0.3, -0.25) is 24.1 Å². The highest BCUT2D eigenvalue weighted by molar-refractivity contribution is 6.25. The lowest BCUT2D eigenvalue weighted by atomic mass is 9.58. The fourth-order valence-electron chi connectivity index (χ4n) is 6.11. The number of carbonyl (C=O) groups is 4. The smallest absolute Gasteiger partial charge is 0.255 e. The molecule has 1 aromatic carbocycles. The number of hydrogen-bond donors (Lipinski definition) is 7. The van der Waals surface area contributed by atoms with E-state index in [1.54, 1.807) is 0 Å². The SMILES string of the molecule is CN(C)[C@@H]1C(O)=C(C(N)=O)C(=O)[C@@]2(O)C(O)=C3C(=O)c4c(O)c(NC(=O)CNCC(C)(C)C)cc(F)c4C[C@H]3C[C@@H]12. The van der Waals surface area contributed by atoms with Gasteiger partial charge in [0.15, 0.2) is 17.1 Å². The van der Waals surface area contributed by atoms with E-state index >= 15 is 4.39 Å². The Balaban J connectivity index is 1.77. The second-order valence-electron chi connectivity index (χ2n) is 12.3. The molecular weight excluding hydrogens is 539 g/mol. The number of aliphatic hydroxyl groups is 3. The summed E-state index contributed by atoms with van der Waals surface area (Å²) in [6, 6.07) is -0.250. The summed E-state index contributed by atoms with van der Waals surface area (Å²) in [6.45, 7) is 6.24. The van der Waals surface area contributed by atoms with Gasteiger partial charge in [0.05, 0.1) is 23.8 Å². The quantitative estimate of drug-likeness (QED) is 0.188. The number of benzene rings is 1. The van der Waals surface area contributed by atoms with Crippen LogP contribution >= 0.6 is 0 Å². The molecule has 0 fully saturated rings. The van der Waals surface area contributed by atoms with E-state index in [1.807, 2.05) is 20.8 Å². The molecule has 3 aliphatic carbocycles. The highest BCUT2D eigenvalue weighted by atomic mass is 19.1. The number of hydrogen-bond acceptors (Lipinski definition) is 10. The number of allylic oxidation sites excluding steroid dienone is 1. The summed E-state index contributed by atoms with van der Waals surface area (Å²) in [7, 11) is 3.03. The Kier molecular flexibility index (Phi) is 7.52. The second kappa shape index (κ2) is 10.2. The largest absolute Gasteiger partial charge is 0.510 e. The van der Waals surface area contributed by atoms with Gasteiger partial charge in [0.2, 0.25) is 11.7 Å². The molecule has 1 aromatic rings. The Hall–Kier alpha value is -3.81. The number of primary amides is 1. The van der Waals surface area contributed by atoms with Crippen LogP contribution in [0.25, 0.3) is 0 Å². The lowest BCUT2D eigenvalue weighted by Crippen LogP contribution is -2.63. The zero-order valence-corrected chi connectivity index (χ0v) is 23.5. The van der Waals surface area contributed by atoms with E-state index in [2.05, 4.69) is 10.6 Å². The average Bonchev–Trinajstić information content (AvgIpc) is 2.83. The molecule has 4 rings (SSSR count). The van der Waals surface area contributed by atoms with Crippen molar-refractivity contribution in [3.63, 3.8) is 0 Å². The van der Waals surface area contributed by atoms with Crippen molar-refractivity contribution in [3.05, 3.63) is 45.7 Å². The number of ketones is 2. The van der Waals surface area contributed by atoms with Gasteiger partial charge in [0.1, 0.15) is 22.9 Å². The molecule has 0 saturated carbocycles. The molecular formula is C28H35FN4O8. The van der Waals surface area contributed by atoms with Gasteiger partial charge in [0.25, 0.3) is 5.91 Å². The topological polar surface area (TPSA) is 203 Å². The van der Waals surface area contributed by atoms with Crippen molar-refractivity contribution in [2.24, 2.45) is 23.0 Å². The van der Waals surface area contributed by atoms with Gasteiger partial charge >= 0.3 is 0 Å². The van der Waals surface area contributed by atoms with Gasteiger partial charge in [0, 0.05) is 29.7 Å². The molecule has 13 heteroatoms. The number of nitrogens with one attached hydrogen (secondary N) is 2. The molecule has 0 aromatic heterocycles. The van der Waals surface area contributed by atoms with E-state index in [0.29, 0.717) is 6.54 Å². The van der Waals surface area contributed by atoms with Crippen molar-refractivity contribution in [2.45, 2.75) is 45.3 Å². The van der Waals surface area contributed by atoms with Crippen molar-refractivity contribution in [1.82, 2.24) is 10.2 Å². The molecule has 0 heterocycles. The van der Waals surface area contributed by atoms with Crippen LogP contribution < -0.4 is 16.4 Å². The van der Waals surface area contributed by atoms with E-state index in [0.717, 1.165) is 6.07 Å². The number of likely N-dealkylation sites (N-methyl/N-ethyl adjacent to an activating group) is 1. The number of phenols is 1. The first-order valence-electron chi connectivity index (χ1n) is 13.1. The number of fused-ring (bicyclic) bond motifs is 3. The minimum absolute atomic E-state index is 0.110. The number of amides is 2. The highest BCUT2D eigenvalue weighted by Gasteiger charge is 2.63. The van der Waals surface area contributed by atoms with Crippen LogP contribution in [0.5, 0.6) is 5.75 Å². The summed E-state index contributed by atoms with van der Waals surface area (Å²) in [4.78, 5) is 53.0. The molecule has 8 N–H and O–H groups in total. The van der Waals surface area contributed by atoms with Crippen LogP contribution in [0.3, 0.4) is 0 Å². The summed E-state index contributed by atoms with van der Waals surface area (Å²) in [5, 5.41) is 50.0. The van der Waals surface area contributed by atoms with E-state index in [9.17, 15) is 39.6 Å². The molecule has 0 spiro atoms. The first-order valence-corrected chi connectivity index (χ1v) is 13.1. The second-order valence-corrected chi connectivity index (χ2v) is 12.3. The van der Waals surface area contributed by atoms with Crippen molar-refractivity contribution < 1.29 is 44.0 Å². The third-order valence-electron chi connectivity index (χ3n) is 7.88. The van der Waals surface area contributed by atoms with Gasteiger partial charge < -0.3 is 36.8 Å². The Morgan fingerprint density at radius 2 is 1.83 bits per heavy atom. The van der Waals surface area contributed by atoms with Crippen molar-refractivity contribution >= 4 is 29.1 Å². The normalized spacial score (nSPS) is 26.1. The van der Waals surface area contributed by atoms with Gasteiger partial charge in [-0.05, 0) is 38.3 Å². The van der Waals surface area contributed by atoms with Crippen LogP contribution in [0.2, 0.25) is 0 Å². The minimum Gasteiger partial charge on any atom is -0.510 e. The first-order chi connectivity index (χ1) is 18.9. The summed E-state index contributed by atoms with van der Waals surface area (Å²) >= 11 is 0. The zero-order chi connectivity index (χ0) is 30.8. The molecule has 3 aliphatic rings. The van der Waals surface area contributed by atoms with E-state index in [1.165, 1.54) is 19.0 Å². The summed E-state index contributed by atoms with van der Waals surface area (Å²) in [5.74, 6) is -9.84.